The highest BCUT2D eigenvalue weighted by molar-refractivity contribution is 7.22. The zero-order valence-corrected chi connectivity index (χ0v) is 19.7. The molecule has 0 unspecified atom stereocenters. The van der Waals surface area contributed by atoms with Gasteiger partial charge in [-0.15, -0.1) is 0 Å². The van der Waals surface area contributed by atoms with Gasteiger partial charge in [0.05, 0.1) is 18.2 Å². The maximum absolute atomic E-state index is 13.6. The molecule has 0 saturated heterocycles. The molecule has 5 nitrogen and oxygen atoms in total. The fraction of sp³-hybridized carbons (Fsp3) is 0.308. The van der Waals surface area contributed by atoms with E-state index in [2.05, 4.69) is 36.9 Å². The van der Waals surface area contributed by atoms with Crippen molar-refractivity contribution in [1.82, 2.24) is 9.88 Å². The van der Waals surface area contributed by atoms with Crippen molar-refractivity contribution < 1.29 is 9.53 Å². The van der Waals surface area contributed by atoms with Crippen LogP contribution < -0.4 is 9.64 Å². The molecule has 0 aliphatic heterocycles. The van der Waals surface area contributed by atoms with Crippen LogP contribution in [0.1, 0.15) is 19.4 Å². The van der Waals surface area contributed by atoms with Gasteiger partial charge in [-0.05, 0) is 41.6 Å². The highest BCUT2D eigenvalue weighted by atomic mass is 32.1. The topological polar surface area (TPSA) is 45.7 Å². The zero-order valence-electron chi connectivity index (χ0n) is 18.9. The lowest BCUT2D eigenvalue weighted by atomic mass is 10.0. The number of aromatic nitrogens is 1. The van der Waals surface area contributed by atoms with E-state index in [-0.39, 0.29) is 5.91 Å². The molecular formula is C26H29N3O2S. The number of likely N-dealkylation sites (N-methyl/N-ethyl adjacent to an activating group) is 1. The average Bonchev–Trinajstić information content (AvgIpc) is 3.26. The van der Waals surface area contributed by atoms with Crippen LogP contribution >= 0.6 is 11.3 Å². The third-order valence-electron chi connectivity index (χ3n) is 5.88. The molecular weight excluding hydrogens is 418 g/mol. The summed E-state index contributed by atoms with van der Waals surface area (Å²) in [5, 5.41) is 3.00. The first kappa shape index (κ1) is 22.2. The third kappa shape index (κ3) is 4.61. The SMILES string of the molecule is CCN(CC)CCN(C(=O)Cc1cccc2ccccc12)c1nc2c(OC)cccc2s1. The Morgan fingerprint density at radius 2 is 1.72 bits per heavy atom. The number of ether oxygens (including phenoxy) is 1. The summed E-state index contributed by atoms with van der Waals surface area (Å²) < 4.78 is 6.51. The van der Waals surface area contributed by atoms with E-state index in [1.165, 1.54) is 11.3 Å². The van der Waals surface area contributed by atoms with Crippen molar-refractivity contribution in [1.29, 1.82) is 0 Å². The molecule has 32 heavy (non-hydrogen) atoms. The maximum Gasteiger partial charge on any atom is 0.233 e. The standard InChI is InChI=1S/C26H29N3O2S/c1-4-28(5-2)16-17-29(26-27-25-22(31-3)14-9-15-23(25)32-26)24(30)18-20-12-8-11-19-10-6-7-13-21(19)20/h6-15H,4-5,16-18H2,1-3H3. The number of benzene rings is 3. The summed E-state index contributed by atoms with van der Waals surface area (Å²) in [5.74, 6) is 0.793. The molecule has 0 saturated carbocycles. The Morgan fingerprint density at radius 1 is 0.969 bits per heavy atom. The first-order valence-corrected chi connectivity index (χ1v) is 11.9. The Kier molecular flexibility index (Phi) is 7.02. The molecule has 166 valence electrons. The Bertz CT molecular complexity index is 1210. The number of hydrogen-bond acceptors (Lipinski definition) is 5. The molecule has 0 spiro atoms. The minimum Gasteiger partial charge on any atom is -0.494 e. The van der Waals surface area contributed by atoms with Crippen LogP contribution in [-0.4, -0.2) is 49.1 Å². The van der Waals surface area contributed by atoms with Gasteiger partial charge in [-0.3, -0.25) is 9.69 Å². The van der Waals surface area contributed by atoms with Crippen LogP contribution in [0.3, 0.4) is 0 Å². The van der Waals surface area contributed by atoms with Crippen LogP contribution in [0.4, 0.5) is 5.13 Å². The number of hydrogen-bond donors (Lipinski definition) is 0. The fourth-order valence-corrected chi connectivity index (χ4v) is 5.03. The number of carbonyl (C=O) groups is 1. The summed E-state index contributed by atoms with van der Waals surface area (Å²) in [6, 6.07) is 20.3. The summed E-state index contributed by atoms with van der Waals surface area (Å²) >= 11 is 1.54. The van der Waals surface area contributed by atoms with Crippen LogP contribution in [0.5, 0.6) is 5.75 Å². The number of carbonyl (C=O) groups excluding carboxylic acids is 1. The second-order valence-corrected chi connectivity index (χ2v) is 8.70. The van der Waals surface area contributed by atoms with Crippen molar-refractivity contribution in [3.05, 3.63) is 66.2 Å². The van der Waals surface area contributed by atoms with E-state index in [4.69, 9.17) is 9.72 Å². The van der Waals surface area contributed by atoms with Gasteiger partial charge in [-0.2, -0.15) is 0 Å². The van der Waals surface area contributed by atoms with Crippen LogP contribution in [0.2, 0.25) is 0 Å². The van der Waals surface area contributed by atoms with Crippen molar-refractivity contribution in [3.63, 3.8) is 0 Å². The predicted octanol–water partition coefficient (Wildman–Crippen LogP) is 5.38. The molecule has 3 aromatic carbocycles. The quantitative estimate of drug-likeness (QED) is 0.346. The monoisotopic (exact) mass is 447 g/mol. The van der Waals surface area contributed by atoms with E-state index < -0.39 is 0 Å². The second kappa shape index (κ2) is 10.1. The van der Waals surface area contributed by atoms with Crippen molar-refractivity contribution >= 4 is 43.4 Å². The second-order valence-electron chi connectivity index (χ2n) is 7.69. The number of nitrogens with zero attached hydrogens (tertiary/aromatic N) is 3. The number of anilines is 1. The minimum absolute atomic E-state index is 0.0616. The molecule has 0 bridgehead atoms. The Balaban J connectivity index is 1.68. The van der Waals surface area contributed by atoms with Crippen LogP contribution in [0.25, 0.3) is 21.0 Å². The number of amides is 1. The van der Waals surface area contributed by atoms with Gasteiger partial charge in [0, 0.05) is 13.1 Å². The van der Waals surface area contributed by atoms with Gasteiger partial charge in [0.1, 0.15) is 11.3 Å². The van der Waals surface area contributed by atoms with E-state index in [0.29, 0.717) is 13.0 Å². The Labute approximate surface area is 193 Å². The fourth-order valence-electron chi connectivity index (χ4n) is 4.01. The molecule has 6 heteroatoms. The molecule has 1 amide bonds. The van der Waals surface area contributed by atoms with Gasteiger partial charge in [0.25, 0.3) is 0 Å². The number of thiazole rings is 1. The maximum atomic E-state index is 13.6. The summed E-state index contributed by atoms with van der Waals surface area (Å²) in [6.07, 6.45) is 0.340. The van der Waals surface area contributed by atoms with Gasteiger partial charge in [0.15, 0.2) is 5.13 Å². The molecule has 0 radical (unpaired) electrons. The average molecular weight is 448 g/mol. The Hall–Kier alpha value is -2.96. The van der Waals surface area contributed by atoms with Crippen molar-refractivity contribution in [2.45, 2.75) is 20.3 Å². The summed E-state index contributed by atoms with van der Waals surface area (Å²) in [5.41, 5.74) is 1.85. The van der Waals surface area contributed by atoms with Crippen molar-refractivity contribution in [3.8, 4) is 5.75 Å². The Morgan fingerprint density at radius 3 is 2.50 bits per heavy atom. The van der Waals surface area contributed by atoms with Gasteiger partial charge in [0.2, 0.25) is 5.91 Å². The molecule has 4 rings (SSSR count). The van der Waals surface area contributed by atoms with E-state index in [1.54, 1.807) is 7.11 Å². The molecule has 0 fully saturated rings. The molecule has 0 N–H and O–H groups in total. The number of methoxy groups -OCH3 is 1. The van der Waals surface area contributed by atoms with Crippen LogP contribution in [-0.2, 0) is 11.2 Å². The third-order valence-corrected chi connectivity index (χ3v) is 6.92. The van der Waals surface area contributed by atoms with E-state index in [1.807, 2.05) is 47.4 Å². The summed E-state index contributed by atoms with van der Waals surface area (Å²) in [7, 11) is 1.65. The lowest BCUT2D eigenvalue weighted by molar-refractivity contribution is -0.118. The summed E-state index contributed by atoms with van der Waals surface area (Å²) in [4.78, 5) is 22.6. The minimum atomic E-state index is 0.0616. The molecule has 1 heterocycles. The molecule has 0 aliphatic carbocycles. The molecule has 1 aromatic heterocycles. The predicted molar refractivity (Wildman–Crippen MR) is 134 cm³/mol. The largest absolute Gasteiger partial charge is 0.494 e. The van der Waals surface area contributed by atoms with Gasteiger partial charge < -0.3 is 9.64 Å². The molecule has 0 atom stereocenters. The number of para-hydroxylation sites is 1. The van der Waals surface area contributed by atoms with E-state index in [0.717, 1.165) is 57.1 Å². The highest BCUT2D eigenvalue weighted by Crippen LogP contribution is 2.34. The van der Waals surface area contributed by atoms with Crippen LogP contribution in [0, 0.1) is 0 Å². The normalized spacial score (nSPS) is 11.4. The lowest BCUT2D eigenvalue weighted by Crippen LogP contribution is -2.39. The number of rotatable bonds is 9. The smallest absolute Gasteiger partial charge is 0.233 e. The first-order valence-electron chi connectivity index (χ1n) is 11.1. The molecule has 0 aliphatic rings. The zero-order chi connectivity index (χ0) is 22.5. The molecule has 4 aromatic rings. The van der Waals surface area contributed by atoms with Crippen LogP contribution in [0.15, 0.2) is 60.7 Å². The van der Waals surface area contributed by atoms with Gasteiger partial charge in [-0.25, -0.2) is 4.98 Å². The summed E-state index contributed by atoms with van der Waals surface area (Å²) in [6.45, 7) is 7.61. The van der Waals surface area contributed by atoms with Gasteiger partial charge >= 0.3 is 0 Å². The number of fused-ring (bicyclic) bond motifs is 2. The van der Waals surface area contributed by atoms with E-state index >= 15 is 0 Å². The van der Waals surface area contributed by atoms with Gasteiger partial charge in [-0.1, -0.05) is 73.7 Å². The van der Waals surface area contributed by atoms with Crippen molar-refractivity contribution in [2.75, 3.05) is 38.2 Å². The first-order chi connectivity index (χ1) is 15.6. The highest BCUT2D eigenvalue weighted by Gasteiger charge is 2.22. The van der Waals surface area contributed by atoms with E-state index in [9.17, 15) is 4.79 Å². The van der Waals surface area contributed by atoms with Crippen molar-refractivity contribution in [2.24, 2.45) is 0 Å². The lowest BCUT2D eigenvalue weighted by Gasteiger charge is -2.25.